The predicted octanol–water partition coefficient (Wildman–Crippen LogP) is 2.98. The molecule has 2 aliphatic rings. The van der Waals surface area contributed by atoms with E-state index in [1.807, 2.05) is 4.90 Å². The summed E-state index contributed by atoms with van der Waals surface area (Å²) < 4.78 is 0. The third-order valence-corrected chi connectivity index (χ3v) is 4.40. The van der Waals surface area contributed by atoms with E-state index in [2.05, 4.69) is 6.08 Å². The van der Waals surface area contributed by atoms with Gasteiger partial charge in [0.25, 0.3) is 0 Å². The number of nitrogens with zero attached hydrogens (tertiary/aromatic N) is 1. The molecule has 0 spiro atoms. The van der Waals surface area contributed by atoms with E-state index in [1.165, 1.54) is 18.4 Å². The highest BCUT2D eigenvalue weighted by atomic mass is 16.4. The summed E-state index contributed by atoms with van der Waals surface area (Å²) in [5, 5.41) is 8.75. The van der Waals surface area contributed by atoms with Crippen LogP contribution in [0, 0.1) is 5.92 Å². The lowest BCUT2D eigenvalue weighted by molar-refractivity contribution is -0.137. The average Bonchev–Trinajstić information content (AvgIpc) is 2.46. The van der Waals surface area contributed by atoms with Crippen molar-refractivity contribution in [2.75, 3.05) is 13.1 Å². The van der Waals surface area contributed by atoms with Gasteiger partial charge in [-0.25, -0.2) is 0 Å². The van der Waals surface area contributed by atoms with Crippen molar-refractivity contribution in [3.8, 4) is 0 Å². The second-order valence-electron chi connectivity index (χ2n) is 6.07. The first-order chi connectivity index (χ1) is 9.65. The van der Waals surface area contributed by atoms with Crippen LogP contribution in [0.2, 0.25) is 0 Å². The molecule has 1 aliphatic carbocycles. The molecule has 4 nitrogen and oxygen atoms in total. The van der Waals surface area contributed by atoms with Gasteiger partial charge in [-0.2, -0.15) is 0 Å². The van der Waals surface area contributed by atoms with Gasteiger partial charge in [-0.3, -0.25) is 9.59 Å². The van der Waals surface area contributed by atoms with Crippen molar-refractivity contribution in [3.05, 3.63) is 11.6 Å². The van der Waals surface area contributed by atoms with E-state index in [0.717, 1.165) is 38.8 Å². The normalized spacial score (nSPS) is 23.3. The Bertz CT molecular complexity index is 389. The summed E-state index contributed by atoms with van der Waals surface area (Å²) in [5.41, 5.74) is 1.30. The highest BCUT2D eigenvalue weighted by molar-refractivity contribution is 5.78. The molecule has 112 valence electrons. The monoisotopic (exact) mass is 279 g/mol. The summed E-state index contributed by atoms with van der Waals surface area (Å²) in [6.45, 7) is 1.59. The lowest BCUT2D eigenvalue weighted by Gasteiger charge is -2.33. The molecule has 0 saturated carbocycles. The SMILES string of the molecule is O=C(O)CCC1CCCN(C(=O)CC2=CCCCC2)C1. The molecule has 20 heavy (non-hydrogen) atoms. The van der Waals surface area contributed by atoms with Crippen LogP contribution in [0.25, 0.3) is 0 Å². The quantitative estimate of drug-likeness (QED) is 0.787. The van der Waals surface area contributed by atoms with Gasteiger partial charge < -0.3 is 10.0 Å². The van der Waals surface area contributed by atoms with E-state index in [1.54, 1.807) is 0 Å². The van der Waals surface area contributed by atoms with Crippen molar-refractivity contribution in [2.45, 2.75) is 57.8 Å². The zero-order valence-corrected chi connectivity index (χ0v) is 12.1. The summed E-state index contributed by atoms with van der Waals surface area (Å²) in [4.78, 5) is 24.9. The van der Waals surface area contributed by atoms with E-state index >= 15 is 0 Å². The van der Waals surface area contributed by atoms with Crippen molar-refractivity contribution >= 4 is 11.9 Å². The minimum atomic E-state index is -0.735. The summed E-state index contributed by atoms with van der Waals surface area (Å²) in [6.07, 6.45) is 10.4. The number of carboxylic acid groups (broad SMARTS) is 1. The first kappa shape index (κ1) is 15.1. The van der Waals surface area contributed by atoms with E-state index in [-0.39, 0.29) is 12.3 Å². The molecule has 2 rings (SSSR count). The zero-order chi connectivity index (χ0) is 14.4. The minimum Gasteiger partial charge on any atom is -0.481 e. The summed E-state index contributed by atoms with van der Waals surface area (Å²) in [6, 6.07) is 0. The molecule has 0 aromatic heterocycles. The average molecular weight is 279 g/mol. The fourth-order valence-corrected chi connectivity index (χ4v) is 3.23. The molecule has 1 aliphatic heterocycles. The van der Waals surface area contributed by atoms with Crippen LogP contribution in [0.5, 0.6) is 0 Å². The van der Waals surface area contributed by atoms with Crippen LogP contribution in [-0.2, 0) is 9.59 Å². The highest BCUT2D eigenvalue weighted by Gasteiger charge is 2.24. The van der Waals surface area contributed by atoms with E-state index in [9.17, 15) is 9.59 Å². The number of hydrogen-bond acceptors (Lipinski definition) is 2. The number of carbonyl (C=O) groups is 2. The number of amides is 1. The molecular formula is C16H25NO3. The summed E-state index contributed by atoms with van der Waals surface area (Å²) >= 11 is 0. The summed E-state index contributed by atoms with van der Waals surface area (Å²) in [7, 11) is 0. The maximum atomic E-state index is 12.3. The van der Waals surface area contributed by atoms with Crippen molar-refractivity contribution in [2.24, 2.45) is 5.92 Å². The van der Waals surface area contributed by atoms with E-state index < -0.39 is 5.97 Å². The number of hydrogen-bond donors (Lipinski definition) is 1. The number of rotatable bonds is 5. The van der Waals surface area contributed by atoms with Gasteiger partial charge in [0, 0.05) is 25.9 Å². The van der Waals surface area contributed by atoms with Crippen molar-refractivity contribution in [1.82, 2.24) is 4.90 Å². The Labute approximate surface area is 120 Å². The topological polar surface area (TPSA) is 57.6 Å². The minimum absolute atomic E-state index is 0.220. The fourth-order valence-electron chi connectivity index (χ4n) is 3.23. The first-order valence-corrected chi connectivity index (χ1v) is 7.82. The largest absolute Gasteiger partial charge is 0.481 e. The number of carbonyl (C=O) groups excluding carboxylic acids is 1. The van der Waals surface area contributed by atoms with Crippen LogP contribution >= 0.6 is 0 Å². The number of carboxylic acids is 1. The highest BCUT2D eigenvalue weighted by Crippen LogP contribution is 2.24. The molecule has 1 heterocycles. The molecule has 0 aromatic rings. The Morgan fingerprint density at radius 3 is 2.85 bits per heavy atom. The number of allylic oxidation sites excluding steroid dienone is 1. The number of piperidine rings is 1. The van der Waals surface area contributed by atoms with Crippen molar-refractivity contribution < 1.29 is 14.7 Å². The molecule has 1 fully saturated rings. The molecule has 1 N–H and O–H groups in total. The maximum absolute atomic E-state index is 12.3. The van der Waals surface area contributed by atoms with Crippen LogP contribution < -0.4 is 0 Å². The second-order valence-corrected chi connectivity index (χ2v) is 6.07. The smallest absolute Gasteiger partial charge is 0.303 e. The van der Waals surface area contributed by atoms with Gasteiger partial charge in [-0.1, -0.05) is 11.6 Å². The van der Waals surface area contributed by atoms with Gasteiger partial charge >= 0.3 is 5.97 Å². The second kappa shape index (κ2) is 7.46. The van der Waals surface area contributed by atoms with E-state index in [4.69, 9.17) is 5.11 Å². The molecule has 1 atom stereocenters. The van der Waals surface area contributed by atoms with Gasteiger partial charge in [0.2, 0.25) is 5.91 Å². The first-order valence-electron chi connectivity index (χ1n) is 7.82. The molecule has 4 heteroatoms. The maximum Gasteiger partial charge on any atom is 0.303 e. The molecule has 0 radical (unpaired) electrons. The molecule has 1 unspecified atom stereocenters. The molecule has 1 saturated heterocycles. The Balaban J connectivity index is 1.80. The van der Waals surface area contributed by atoms with Crippen molar-refractivity contribution in [3.63, 3.8) is 0 Å². The Morgan fingerprint density at radius 2 is 2.15 bits per heavy atom. The molecule has 1 amide bonds. The van der Waals surface area contributed by atoms with Gasteiger partial charge in [-0.15, -0.1) is 0 Å². The summed E-state index contributed by atoms with van der Waals surface area (Å²) in [5.74, 6) is -0.136. The number of likely N-dealkylation sites (tertiary alicyclic amines) is 1. The molecule has 0 aromatic carbocycles. The van der Waals surface area contributed by atoms with Crippen LogP contribution in [0.15, 0.2) is 11.6 Å². The van der Waals surface area contributed by atoms with Gasteiger partial charge in [-0.05, 0) is 50.9 Å². The van der Waals surface area contributed by atoms with Gasteiger partial charge in [0.05, 0.1) is 0 Å². The third-order valence-electron chi connectivity index (χ3n) is 4.40. The van der Waals surface area contributed by atoms with Crippen LogP contribution in [0.4, 0.5) is 0 Å². The van der Waals surface area contributed by atoms with Gasteiger partial charge in [0.15, 0.2) is 0 Å². The fraction of sp³-hybridized carbons (Fsp3) is 0.750. The van der Waals surface area contributed by atoms with Crippen LogP contribution in [0.3, 0.4) is 0 Å². The third kappa shape index (κ3) is 4.66. The predicted molar refractivity (Wildman–Crippen MR) is 77.3 cm³/mol. The zero-order valence-electron chi connectivity index (χ0n) is 12.1. The van der Waals surface area contributed by atoms with Crippen LogP contribution in [-0.4, -0.2) is 35.0 Å². The van der Waals surface area contributed by atoms with Crippen molar-refractivity contribution in [1.29, 1.82) is 0 Å². The Hall–Kier alpha value is -1.32. The molecule has 0 bridgehead atoms. The Kier molecular flexibility index (Phi) is 5.62. The number of aliphatic carboxylic acids is 1. The lowest BCUT2D eigenvalue weighted by Crippen LogP contribution is -2.40. The standard InChI is InChI=1S/C16H25NO3/c18-15(11-13-5-2-1-3-6-13)17-10-4-7-14(12-17)8-9-16(19)20/h5,14H,1-4,6-12H2,(H,19,20). The Morgan fingerprint density at radius 1 is 1.30 bits per heavy atom. The van der Waals surface area contributed by atoms with Gasteiger partial charge in [0.1, 0.15) is 0 Å². The lowest BCUT2D eigenvalue weighted by atomic mass is 9.92. The van der Waals surface area contributed by atoms with Crippen LogP contribution in [0.1, 0.15) is 57.8 Å². The van der Waals surface area contributed by atoms with E-state index in [0.29, 0.717) is 18.8 Å². The molecular weight excluding hydrogens is 254 g/mol.